The first kappa shape index (κ1) is 10.4. The van der Waals surface area contributed by atoms with Crippen LogP contribution in [0.15, 0.2) is 0 Å². The van der Waals surface area contributed by atoms with Gasteiger partial charge in [0.15, 0.2) is 0 Å². The van der Waals surface area contributed by atoms with Crippen LogP contribution in [0.2, 0.25) is 0 Å². The van der Waals surface area contributed by atoms with Crippen LogP contribution in [0.5, 0.6) is 0 Å². The molecular weight excluding hydrogens is 174 g/mol. The highest BCUT2D eigenvalue weighted by molar-refractivity contribution is 5.78. The van der Waals surface area contributed by atoms with E-state index in [0.717, 1.165) is 6.42 Å². The van der Waals surface area contributed by atoms with Crippen LogP contribution in [0, 0.1) is 0 Å². The number of rotatable bonds is 2. The fourth-order valence-corrected chi connectivity index (χ4v) is 1.40. The third-order valence-electron chi connectivity index (χ3n) is 2.17. The number of carbonyl (C=O) groups excluding carboxylic acids is 1. The van der Waals surface area contributed by atoms with Gasteiger partial charge in [-0.3, -0.25) is 0 Å². The molecule has 1 atom stereocenters. The molecule has 13 heavy (non-hydrogen) atoms. The van der Waals surface area contributed by atoms with Gasteiger partial charge in [-0.1, -0.05) is 0 Å². The molecule has 1 heterocycles. The molecule has 0 unspecified atom stereocenters. The Bertz CT molecular complexity index is 197. The lowest BCUT2D eigenvalue weighted by Gasteiger charge is -2.36. The third-order valence-corrected chi connectivity index (χ3v) is 2.17. The molecule has 0 aliphatic carbocycles. The van der Waals surface area contributed by atoms with Crippen molar-refractivity contribution < 1.29 is 19.8 Å². The number of hydroxylamine groups is 2. The van der Waals surface area contributed by atoms with E-state index in [4.69, 9.17) is 0 Å². The second-order valence-electron chi connectivity index (χ2n) is 3.12. The van der Waals surface area contributed by atoms with E-state index in [9.17, 15) is 15.1 Å². The van der Waals surface area contributed by atoms with Crippen molar-refractivity contribution in [3.8, 4) is 0 Å². The Hall–Kier alpha value is -0.650. The summed E-state index contributed by atoms with van der Waals surface area (Å²) >= 11 is 0. The smallest absolute Gasteiger partial charge is 0.356 e. The molecule has 0 radical (unpaired) electrons. The van der Waals surface area contributed by atoms with Crippen molar-refractivity contribution in [1.29, 1.82) is 0 Å². The van der Waals surface area contributed by atoms with Crippen molar-refractivity contribution in [2.75, 3.05) is 13.2 Å². The van der Waals surface area contributed by atoms with E-state index in [1.54, 1.807) is 6.92 Å². The minimum atomic E-state index is -1.83. The number of piperidine rings is 1. The van der Waals surface area contributed by atoms with E-state index < -0.39 is 11.7 Å². The Morgan fingerprint density at radius 2 is 2.31 bits per heavy atom. The molecule has 1 fully saturated rings. The second-order valence-corrected chi connectivity index (χ2v) is 3.12. The van der Waals surface area contributed by atoms with Crippen molar-refractivity contribution in [2.24, 2.45) is 0 Å². The summed E-state index contributed by atoms with van der Waals surface area (Å²) in [5.41, 5.74) is -1.83. The van der Waals surface area contributed by atoms with Crippen LogP contribution in [-0.2, 0) is 9.53 Å². The summed E-state index contributed by atoms with van der Waals surface area (Å²) in [6, 6.07) is 0. The highest BCUT2D eigenvalue weighted by atomic mass is 16.6. The molecule has 1 rings (SSSR count). The minimum absolute atomic E-state index is 0.203. The van der Waals surface area contributed by atoms with Gasteiger partial charge in [-0.15, -0.1) is 0 Å². The quantitative estimate of drug-likeness (QED) is 0.603. The molecule has 0 aromatic rings. The molecule has 0 saturated carbocycles. The molecule has 5 nitrogen and oxygen atoms in total. The first-order valence-electron chi connectivity index (χ1n) is 4.47. The third kappa shape index (κ3) is 1.99. The van der Waals surface area contributed by atoms with Crippen LogP contribution < -0.4 is 0 Å². The van der Waals surface area contributed by atoms with Crippen molar-refractivity contribution in [1.82, 2.24) is 5.06 Å². The lowest BCUT2D eigenvalue weighted by Crippen LogP contribution is -2.56. The Labute approximate surface area is 76.9 Å². The molecule has 0 aromatic carbocycles. The lowest BCUT2D eigenvalue weighted by atomic mass is 10.0. The molecule has 2 N–H and O–H groups in total. The van der Waals surface area contributed by atoms with Crippen LogP contribution in [0.25, 0.3) is 0 Å². The highest BCUT2D eigenvalue weighted by Gasteiger charge is 2.44. The average Bonchev–Trinajstić information content (AvgIpc) is 2.11. The predicted octanol–water partition coefficient (Wildman–Crippen LogP) is 0.113. The van der Waals surface area contributed by atoms with Gasteiger partial charge >= 0.3 is 5.97 Å². The van der Waals surface area contributed by atoms with Gasteiger partial charge in [-0.25, -0.2) is 4.79 Å². The Kier molecular flexibility index (Phi) is 3.24. The summed E-state index contributed by atoms with van der Waals surface area (Å²) < 4.78 is 4.66. The van der Waals surface area contributed by atoms with Crippen molar-refractivity contribution in [3.63, 3.8) is 0 Å². The molecule has 1 saturated heterocycles. The SMILES string of the molecule is CCOC(=O)[C@]1(O)CCCCN1O. The molecule has 76 valence electrons. The predicted molar refractivity (Wildman–Crippen MR) is 43.9 cm³/mol. The summed E-state index contributed by atoms with van der Waals surface area (Å²) in [5.74, 6) is -0.766. The van der Waals surface area contributed by atoms with E-state index >= 15 is 0 Å². The van der Waals surface area contributed by atoms with Crippen LogP contribution in [0.4, 0.5) is 0 Å². The zero-order valence-electron chi connectivity index (χ0n) is 7.69. The Balaban J connectivity index is 2.65. The van der Waals surface area contributed by atoms with Gasteiger partial charge in [-0.2, -0.15) is 5.06 Å². The number of carbonyl (C=O) groups is 1. The van der Waals surface area contributed by atoms with Crippen molar-refractivity contribution >= 4 is 5.97 Å². The first-order chi connectivity index (χ1) is 6.11. The van der Waals surface area contributed by atoms with Crippen molar-refractivity contribution in [2.45, 2.75) is 31.9 Å². The van der Waals surface area contributed by atoms with Crippen LogP contribution in [0.3, 0.4) is 0 Å². The standard InChI is InChI=1S/C8H15NO4/c1-2-13-7(10)8(11)5-3-4-6-9(8)12/h11-12H,2-6H2,1H3/t8-/m1/s1. The van der Waals surface area contributed by atoms with Crippen LogP contribution in [-0.4, -0.2) is 40.2 Å². The van der Waals surface area contributed by atoms with Crippen molar-refractivity contribution in [3.05, 3.63) is 0 Å². The second kappa shape index (κ2) is 4.04. The molecule has 0 aromatic heterocycles. The summed E-state index contributed by atoms with van der Waals surface area (Å²) in [4.78, 5) is 11.3. The van der Waals surface area contributed by atoms with Crippen LogP contribution in [0.1, 0.15) is 26.2 Å². The van der Waals surface area contributed by atoms with E-state index in [2.05, 4.69) is 4.74 Å². The maximum atomic E-state index is 11.3. The van der Waals surface area contributed by atoms with Gasteiger partial charge in [0, 0.05) is 13.0 Å². The van der Waals surface area contributed by atoms with Gasteiger partial charge in [0.05, 0.1) is 6.61 Å². The number of nitrogens with zero attached hydrogens (tertiary/aromatic N) is 1. The monoisotopic (exact) mass is 189 g/mol. The lowest BCUT2D eigenvalue weighted by molar-refractivity contribution is -0.276. The fraction of sp³-hybridized carbons (Fsp3) is 0.875. The topological polar surface area (TPSA) is 70.0 Å². The molecule has 0 bridgehead atoms. The van der Waals surface area contributed by atoms with Gasteiger partial charge in [0.25, 0.3) is 0 Å². The summed E-state index contributed by atoms with van der Waals surface area (Å²) in [5, 5.41) is 19.7. The number of ether oxygens (including phenoxy) is 1. The maximum Gasteiger partial charge on any atom is 0.356 e. The van der Waals surface area contributed by atoms with Crippen LogP contribution >= 0.6 is 0 Å². The number of hydrogen-bond acceptors (Lipinski definition) is 5. The minimum Gasteiger partial charge on any atom is -0.463 e. The summed E-state index contributed by atoms with van der Waals surface area (Å²) in [7, 11) is 0. The number of hydrogen-bond donors (Lipinski definition) is 2. The average molecular weight is 189 g/mol. The zero-order valence-corrected chi connectivity index (χ0v) is 7.69. The Morgan fingerprint density at radius 1 is 1.62 bits per heavy atom. The van der Waals surface area contributed by atoms with E-state index in [1.165, 1.54) is 0 Å². The Morgan fingerprint density at radius 3 is 2.85 bits per heavy atom. The van der Waals surface area contributed by atoms with Gasteiger partial charge < -0.3 is 15.1 Å². The number of aliphatic hydroxyl groups is 1. The zero-order chi connectivity index (χ0) is 9.90. The molecule has 5 heteroatoms. The first-order valence-corrected chi connectivity index (χ1v) is 4.47. The summed E-state index contributed by atoms with van der Waals surface area (Å²) in [6.07, 6.45) is 1.72. The summed E-state index contributed by atoms with van der Waals surface area (Å²) in [6.45, 7) is 2.16. The molecule has 0 spiro atoms. The van der Waals surface area contributed by atoms with Gasteiger partial charge in [0.1, 0.15) is 0 Å². The molecule has 0 amide bonds. The molecule has 1 aliphatic heterocycles. The van der Waals surface area contributed by atoms with E-state index in [1.807, 2.05) is 0 Å². The van der Waals surface area contributed by atoms with E-state index in [0.29, 0.717) is 18.0 Å². The van der Waals surface area contributed by atoms with Gasteiger partial charge in [0.2, 0.25) is 5.72 Å². The molecule has 1 aliphatic rings. The normalized spacial score (nSPS) is 30.1. The largest absolute Gasteiger partial charge is 0.463 e. The molecular formula is C8H15NO4. The number of esters is 1. The van der Waals surface area contributed by atoms with Gasteiger partial charge in [-0.05, 0) is 19.8 Å². The fourth-order valence-electron chi connectivity index (χ4n) is 1.40. The maximum absolute atomic E-state index is 11.3. The highest BCUT2D eigenvalue weighted by Crippen LogP contribution is 2.25. The van der Waals surface area contributed by atoms with E-state index in [-0.39, 0.29) is 13.0 Å².